The third-order valence-electron chi connectivity index (χ3n) is 5.53. The molecule has 130 valence electrons. The van der Waals surface area contributed by atoms with Crippen LogP contribution in [0.15, 0.2) is 36.4 Å². The predicted molar refractivity (Wildman–Crippen MR) is 99.9 cm³/mol. The number of nitrogens with zero attached hydrogens (tertiary/aromatic N) is 1. The second-order valence-electron chi connectivity index (χ2n) is 7.33. The molecule has 0 bridgehead atoms. The molecule has 1 amide bonds. The van der Waals surface area contributed by atoms with E-state index in [9.17, 15) is 4.79 Å². The number of para-hydroxylation sites is 1. The Balaban J connectivity index is 1.63. The molecule has 1 aromatic carbocycles. The maximum absolute atomic E-state index is 12.5. The van der Waals surface area contributed by atoms with Gasteiger partial charge >= 0.3 is 0 Å². The van der Waals surface area contributed by atoms with E-state index in [-0.39, 0.29) is 11.8 Å². The van der Waals surface area contributed by atoms with Crippen molar-refractivity contribution in [2.75, 3.05) is 12.4 Å². The number of hydrogen-bond acceptors (Lipinski definition) is 2. The number of carbonyl (C=O) groups excluding carboxylic acids is 1. The average molecular weight is 326 g/mol. The summed E-state index contributed by atoms with van der Waals surface area (Å²) in [7, 11) is 2.22. The Labute approximate surface area is 146 Å². The molecule has 1 N–H and O–H groups in total. The summed E-state index contributed by atoms with van der Waals surface area (Å²) < 4.78 is 0. The van der Waals surface area contributed by atoms with Gasteiger partial charge in [0, 0.05) is 24.2 Å². The molecule has 0 unspecified atom stereocenters. The molecule has 3 nitrogen and oxygen atoms in total. The monoisotopic (exact) mass is 326 g/mol. The average Bonchev–Trinajstić information content (AvgIpc) is 2.64. The largest absolute Gasteiger partial charge is 0.326 e. The van der Waals surface area contributed by atoms with Gasteiger partial charge in [0.05, 0.1) is 0 Å². The van der Waals surface area contributed by atoms with Gasteiger partial charge in [0.15, 0.2) is 0 Å². The van der Waals surface area contributed by atoms with Crippen LogP contribution in [0.25, 0.3) is 0 Å². The van der Waals surface area contributed by atoms with Gasteiger partial charge in [0.25, 0.3) is 0 Å². The van der Waals surface area contributed by atoms with Crippen molar-refractivity contribution >= 4 is 11.6 Å². The number of benzene rings is 1. The van der Waals surface area contributed by atoms with E-state index in [4.69, 9.17) is 0 Å². The highest BCUT2D eigenvalue weighted by molar-refractivity contribution is 5.93. The van der Waals surface area contributed by atoms with Crippen LogP contribution < -0.4 is 5.32 Å². The number of amides is 1. The van der Waals surface area contributed by atoms with E-state index in [1.165, 1.54) is 37.7 Å². The second kappa shape index (κ2) is 8.48. The molecule has 0 aromatic heterocycles. The number of nitrogens with one attached hydrogen (secondary N) is 1. The first-order valence-corrected chi connectivity index (χ1v) is 9.48. The Kier molecular flexibility index (Phi) is 6.08. The van der Waals surface area contributed by atoms with Crippen LogP contribution >= 0.6 is 0 Å². The van der Waals surface area contributed by atoms with Gasteiger partial charge in [-0.25, -0.2) is 0 Å². The SMILES string of the molecule is CN(Cc1ccccc1NC(=O)[C@@H]1CC=CCC1)C1CCCCC1. The Hall–Kier alpha value is -1.61. The van der Waals surface area contributed by atoms with Crippen LogP contribution in [0.5, 0.6) is 0 Å². The topological polar surface area (TPSA) is 32.3 Å². The fourth-order valence-corrected chi connectivity index (χ4v) is 3.97. The zero-order chi connectivity index (χ0) is 16.8. The molecular formula is C21H30N2O. The Morgan fingerprint density at radius 3 is 2.67 bits per heavy atom. The third kappa shape index (κ3) is 4.47. The summed E-state index contributed by atoms with van der Waals surface area (Å²) in [6, 6.07) is 8.96. The smallest absolute Gasteiger partial charge is 0.227 e. The zero-order valence-corrected chi connectivity index (χ0v) is 14.8. The van der Waals surface area contributed by atoms with Gasteiger partial charge in [0.2, 0.25) is 5.91 Å². The summed E-state index contributed by atoms with van der Waals surface area (Å²) in [5.41, 5.74) is 2.21. The fourth-order valence-electron chi connectivity index (χ4n) is 3.97. The Morgan fingerprint density at radius 2 is 1.92 bits per heavy atom. The van der Waals surface area contributed by atoms with E-state index < -0.39 is 0 Å². The highest BCUT2D eigenvalue weighted by Gasteiger charge is 2.21. The highest BCUT2D eigenvalue weighted by Crippen LogP contribution is 2.26. The van der Waals surface area contributed by atoms with E-state index in [2.05, 4.69) is 41.5 Å². The molecule has 1 saturated carbocycles. The van der Waals surface area contributed by atoms with E-state index in [1.54, 1.807) is 0 Å². The summed E-state index contributed by atoms with van der Waals surface area (Å²) >= 11 is 0. The van der Waals surface area contributed by atoms with Gasteiger partial charge in [-0.05, 0) is 50.8 Å². The van der Waals surface area contributed by atoms with Gasteiger partial charge in [-0.2, -0.15) is 0 Å². The molecular weight excluding hydrogens is 296 g/mol. The standard InChI is InChI=1S/C21H30N2O/c1-23(19-13-6-3-7-14-19)16-18-12-8-9-15-20(18)22-21(24)17-10-4-2-5-11-17/h2,4,8-9,12,15,17,19H,3,5-7,10-11,13-14,16H2,1H3,(H,22,24)/t17-/m1/s1. The van der Waals surface area contributed by atoms with E-state index >= 15 is 0 Å². The van der Waals surface area contributed by atoms with Crippen LogP contribution in [-0.4, -0.2) is 23.9 Å². The number of rotatable bonds is 5. The predicted octanol–water partition coefficient (Wildman–Crippen LogP) is 4.75. The van der Waals surface area contributed by atoms with Crippen LogP contribution in [0, 0.1) is 5.92 Å². The van der Waals surface area contributed by atoms with Crippen molar-refractivity contribution < 1.29 is 4.79 Å². The van der Waals surface area contributed by atoms with Crippen molar-refractivity contribution in [1.29, 1.82) is 0 Å². The molecule has 0 heterocycles. The van der Waals surface area contributed by atoms with E-state index in [0.717, 1.165) is 31.5 Å². The van der Waals surface area contributed by atoms with E-state index in [1.807, 2.05) is 12.1 Å². The zero-order valence-electron chi connectivity index (χ0n) is 14.8. The molecule has 24 heavy (non-hydrogen) atoms. The number of carbonyl (C=O) groups is 1. The molecule has 0 spiro atoms. The Bertz CT molecular complexity index is 575. The van der Waals surface area contributed by atoms with Crippen molar-refractivity contribution in [3.05, 3.63) is 42.0 Å². The lowest BCUT2D eigenvalue weighted by atomic mass is 9.93. The summed E-state index contributed by atoms with van der Waals surface area (Å²) in [4.78, 5) is 15.0. The molecule has 1 atom stereocenters. The van der Waals surface area contributed by atoms with E-state index in [0.29, 0.717) is 6.04 Å². The first-order valence-electron chi connectivity index (χ1n) is 9.48. The maximum atomic E-state index is 12.5. The lowest BCUT2D eigenvalue weighted by molar-refractivity contribution is -0.120. The second-order valence-corrected chi connectivity index (χ2v) is 7.33. The normalized spacial score (nSPS) is 21.8. The summed E-state index contributed by atoms with van der Waals surface area (Å²) in [6.45, 7) is 0.908. The maximum Gasteiger partial charge on any atom is 0.227 e. The van der Waals surface area contributed by atoms with Gasteiger partial charge in [-0.3, -0.25) is 9.69 Å². The summed E-state index contributed by atoms with van der Waals surface area (Å²) in [5.74, 6) is 0.297. The van der Waals surface area contributed by atoms with Crippen molar-refractivity contribution in [3.63, 3.8) is 0 Å². The number of hydrogen-bond donors (Lipinski definition) is 1. The first-order chi connectivity index (χ1) is 11.7. The van der Waals surface area contributed by atoms with Crippen LogP contribution in [0.2, 0.25) is 0 Å². The molecule has 2 aliphatic carbocycles. The summed E-state index contributed by atoms with van der Waals surface area (Å²) in [6.07, 6.45) is 13.9. The quantitative estimate of drug-likeness (QED) is 0.792. The molecule has 2 aliphatic rings. The fraction of sp³-hybridized carbons (Fsp3) is 0.571. The minimum Gasteiger partial charge on any atom is -0.326 e. The minimum atomic E-state index is 0.124. The van der Waals surface area contributed by atoms with Gasteiger partial charge in [-0.1, -0.05) is 49.6 Å². The van der Waals surface area contributed by atoms with Crippen molar-refractivity contribution in [3.8, 4) is 0 Å². The highest BCUT2D eigenvalue weighted by atomic mass is 16.1. The molecule has 0 radical (unpaired) electrons. The number of anilines is 1. The third-order valence-corrected chi connectivity index (χ3v) is 5.53. The molecule has 1 aromatic rings. The van der Waals surface area contributed by atoms with Crippen molar-refractivity contribution in [2.45, 2.75) is 64.0 Å². The minimum absolute atomic E-state index is 0.124. The Morgan fingerprint density at radius 1 is 1.12 bits per heavy atom. The molecule has 0 saturated heterocycles. The first kappa shape index (κ1) is 17.2. The van der Waals surface area contributed by atoms with Crippen molar-refractivity contribution in [1.82, 2.24) is 4.90 Å². The molecule has 3 rings (SSSR count). The van der Waals surface area contributed by atoms with Crippen LogP contribution in [0.4, 0.5) is 5.69 Å². The lowest BCUT2D eigenvalue weighted by Crippen LogP contribution is -2.33. The van der Waals surface area contributed by atoms with Gasteiger partial charge in [0.1, 0.15) is 0 Å². The molecule has 0 aliphatic heterocycles. The van der Waals surface area contributed by atoms with Crippen molar-refractivity contribution in [2.24, 2.45) is 5.92 Å². The van der Waals surface area contributed by atoms with Crippen LogP contribution in [-0.2, 0) is 11.3 Å². The molecule has 3 heteroatoms. The van der Waals surface area contributed by atoms with Crippen LogP contribution in [0.3, 0.4) is 0 Å². The van der Waals surface area contributed by atoms with Gasteiger partial charge in [-0.15, -0.1) is 0 Å². The summed E-state index contributed by atoms with van der Waals surface area (Å²) in [5, 5.41) is 3.19. The molecule has 1 fully saturated rings. The number of allylic oxidation sites excluding steroid dienone is 2. The van der Waals surface area contributed by atoms with Crippen LogP contribution in [0.1, 0.15) is 56.9 Å². The van der Waals surface area contributed by atoms with Gasteiger partial charge < -0.3 is 5.32 Å². The lowest BCUT2D eigenvalue weighted by Gasteiger charge is -2.31.